The predicted octanol–water partition coefficient (Wildman–Crippen LogP) is 4.00. The average Bonchev–Trinajstić information content (AvgIpc) is 2.36. The Morgan fingerprint density at radius 3 is 2.48 bits per heavy atom. The topological polar surface area (TPSA) is 52.3 Å². The van der Waals surface area contributed by atoms with Gasteiger partial charge in [0, 0.05) is 10.6 Å². The van der Waals surface area contributed by atoms with E-state index in [-0.39, 0.29) is 11.3 Å². The number of amides is 1. The van der Waals surface area contributed by atoms with Gasteiger partial charge in [-0.25, -0.2) is 0 Å². The van der Waals surface area contributed by atoms with E-state index in [1.54, 1.807) is 6.07 Å². The number of carbonyl (C=O) groups is 1. The second-order valence-corrected chi connectivity index (χ2v) is 4.57. The maximum Gasteiger partial charge on any atom is 0.573 e. The first kappa shape index (κ1) is 15.2. The Bertz CT molecular complexity index is 686. The molecule has 2 aromatic rings. The van der Waals surface area contributed by atoms with E-state index in [2.05, 4.69) is 4.74 Å². The fourth-order valence-electron chi connectivity index (χ4n) is 1.83. The van der Waals surface area contributed by atoms with E-state index < -0.39 is 12.3 Å². The molecule has 0 fully saturated rings. The first-order valence-corrected chi connectivity index (χ1v) is 6.09. The van der Waals surface area contributed by atoms with Gasteiger partial charge in [0.25, 0.3) is 0 Å². The van der Waals surface area contributed by atoms with Gasteiger partial charge >= 0.3 is 6.36 Å². The van der Waals surface area contributed by atoms with Crippen molar-refractivity contribution in [1.82, 2.24) is 0 Å². The molecule has 7 heteroatoms. The maximum atomic E-state index is 12.2. The van der Waals surface area contributed by atoms with Gasteiger partial charge in [-0.15, -0.1) is 13.2 Å². The van der Waals surface area contributed by atoms with E-state index in [0.717, 1.165) is 6.07 Å². The van der Waals surface area contributed by atoms with Crippen LogP contribution in [0.4, 0.5) is 13.2 Å². The molecule has 21 heavy (non-hydrogen) atoms. The van der Waals surface area contributed by atoms with Crippen molar-refractivity contribution < 1.29 is 22.7 Å². The van der Waals surface area contributed by atoms with Gasteiger partial charge in [-0.1, -0.05) is 29.8 Å². The molecule has 0 aliphatic heterocycles. The van der Waals surface area contributed by atoms with Crippen molar-refractivity contribution in [2.75, 3.05) is 0 Å². The summed E-state index contributed by atoms with van der Waals surface area (Å²) in [6.07, 6.45) is -4.79. The van der Waals surface area contributed by atoms with Gasteiger partial charge in [0.2, 0.25) is 5.91 Å². The molecule has 2 N–H and O–H groups in total. The number of carbonyl (C=O) groups excluding carboxylic acids is 1. The van der Waals surface area contributed by atoms with Crippen molar-refractivity contribution in [2.24, 2.45) is 5.73 Å². The van der Waals surface area contributed by atoms with Gasteiger partial charge in [-0.3, -0.25) is 4.79 Å². The van der Waals surface area contributed by atoms with Crippen LogP contribution >= 0.6 is 11.6 Å². The molecule has 0 atom stereocenters. The van der Waals surface area contributed by atoms with E-state index in [4.69, 9.17) is 17.3 Å². The van der Waals surface area contributed by atoms with Gasteiger partial charge < -0.3 is 10.5 Å². The second-order valence-electron chi connectivity index (χ2n) is 4.13. The highest BCUT2D eigenvalue weighted by Crippen LogP contribution is 2.31. The Balaban J connectivity index is 2.48. The third-order valence-corrected chi connectivity index (χ3v) is 2.86. The van der Waals surface area contributed by atoms with Crippen LogP contribution < -0.4 is 10.5 Å². The molecule has 0 saturated carbocycles. The lowest BCUT2D eigenvalue weighted by molar-refractivity contribution is -0.274. The van der Waals surface area contributed by atoms with Crippen LogP contribution in [0, 0.1) is 0 Å². The Hall–Kier alpha value is -2.21. The molecule has 0 bridgehead atoms. The largest absolute Gasteiger partial charge is 0.573 e. The molecule has 0 unspecified atom stereocenters. The summed E-state index contributed by atoms with van der Waals surface area (Å²) < 4.78 is 40.5. The summed E-state index contributed by atoms with van der Waals surface area (Å²) >= 11 is 5.79. The molecular formula is C14H9ClF3NO2. The number of rotatable bonds is 3. The quantitative estimate of drug-likeness (QED) is 0.930. The number of hydrogen-bond donors (Lipinski definition) is 1. The highest BCUT2D eigenvalue weighted by Gasteiger charge is 2.31. The Kier molecular flexibility index (Phi) is 4.09. The first-order valence-electron chi connectivity index (χ1n) is 5.72. The van der Waals surface area contributed by atoms with Crippen molar-refractivity contribution in [3.8, 4) is 16.9 Å². The Labute approximate surface area is 123 Å². The minimum atomic E-state index is -4.79. The van der Waals surface area contributed by atoms with Crippen LogP contribution in [-0.4, -0.2) is 12.3 Å². The number of primary amides is 1. The number of nitrogens with two attached hydrogens (primary N) is 1. The van der Waals surface area contributed by atoms with Crippen LogP contribution in [0.15, 0.2) is 42.5 Å². The number of halogens is 4. The van der Waals surface area contributed by atoms with E-state index in [1.807, 2.05) is 0 Å². The van der Waals surface area contributed by atoms with Crippen molar-refractivity contribution in [1.29, 1.82) is 0 Å². The Morgan fingerprint density at radius 2 is 1.86 bits per heavy atom. The van der Waals surface area contributed by atoms with Crippen LogP contribution in [0.1, 0.15) is 10.4 Å². The number of benzene rings is 2. The molecule has 2 rings (SSSR count). The van der Waals surface area contributed by atoms with E-state index in [1.165, 1.54) is 30.3 Å². The summed E-state index contributed by atoms with van der Waals surface area (Å²) in [5.41, 5.74) is 6.11. The second kappa shape index (κ2) is 5.65. The molecular weight excluding hydrogens is 307 g/mol. The lowest BCUT2D eigenvalue weighted by Gasteiger charge is -2.11. The SMILES string of the molecule is NC(=O)c1cc(Cl)ccc1-c1cccc(OC(F)(F)F)c1. The first-order chi connectivity index (χ1) is 9.76. The van der Waals surface area contributed by atoms with Crippen molar-refractivity contribution in [3.63, 3.8) is 0 Å². The van der Waals surface area contributed by atoms with Gasteiger partial charge in [-0.05, 0) is 35.4 Å². The fraction of sp³-hybridized carbons (Fsp3) is 0.0714. The molecule has 0 aliphatic carbocycles. The van der Waals surface area contributed by atoms with Gasteiger partial charge in [0.05, 0.1) is 0 Å². The highest BCUT2D eigenvalue weighted by atomic mass is 35.5. The molecule has 0 saturated heterocycles. The lowest BCUT2D eigenvalue weighted by Crippen LogP contribution is -2.17. The van der Waals surface area contributed by atoms with Crippen LogP contribution in [0.5, 0.6) is 5.75 Å². The zero-order chi connectivity index (χ0) is 15.6. The summed E-state index contributed by atoms with van der Waals surface area (Å²) in [6.45, 7) is 0. The summed E-state index contributed by atoms with van der Waals surface area (Å²) in [5, 5.41) is 0.301. The maximum absolute atomic E-state index is 12.2. The Morgan fingerprint density at radius 1 is 1.14 bits per heavy atom. The molecule has 0 spiro atoms. The smallest absolute Gasteiger partial charge is 0.406 e. The van der Waals surface area contributed by atoms with Crippen LogP contribution in [0.25, 0.3) is 11.1 Å². The minimum absolute atomic E-state index is 0.117. The number of alkyl halides is 3. The molecule has 1 amide bonds. The molecule has 110 valence electrons. The third-order valence-electron chi connectivity index (χ3n) is 2.63. The standard InChI is InChI=1S/C14H9ClF3NO2/c15-9-4-5-11(12(7-9)13(19)20)8-2-1-3-10(6-8)21-14(16,17)18/h1-7H,(H2,19,20). The van der Waals surface area contributed by atoms with Gasteiger partial charge in [0.15, 0.2) is 0 Å². The van der Waals surface area contributed by atoms with E-state index in [0.29, 0.717) is 16.1 Å². The summed E-state index contributed by atoms with van der Waals surface area (Å²) in [5.74, 6) is -1.11. The molecule has 3 nitrogen and oxygen atoms in total. The van der Waals surface area contributed by atoms with E-state index >= 15 is 0 Å². The zero-order valence-electron chi connectivity index (χ0n) is 10.4. The number of hydrogen-bond acceptors (Lipinski definition) is 2. The van der Waals surface area contributed by atoms with Crippen LogP contribution in [0.2, 0.25) is 5.02 Å². The van der Waals surface area contributed by atoms with Crippen LogP contribution in [-0.2, 0) is 0 Å². The molecule has 0 radical (unpaired) electrons. The zero-order valence-corrected chi connectivity index (χ0v) is 11.2. The third kappa shape index (κ3) is 3.88. The van der Waals surface area contributed by atoms with Crippen LogP contribution in [0.3, 0.4) is 0 Å². The summed E-state index contributed by atoms with van der Waals surface area (Å²) in [7, 11) is 0. The van der Waals surface area contributed by atoms with Crippen molar-refractivity contribution in [2.45, 2.75) is 6.36 Å². The van der Waals surface area contributed by atoms with Crippen molar-refractivity contribution >= 4 is 17.5 Å². The highest BCUT2D eigenvalue weighted by molar-refractivity contribution is 6.31. The lowest BCUT2D eigenvalue weighted by atomic mass is 9.99. The number of ether oxygens (including phenoxy) is 1. The minimum Gasteiger partial charge on any atom is -0.406 e. The summed E-state index contributed by atoms with van der Waals surface area (Å²) in [4.78, 5) is 11.4. The van der Waals surface area contributed by atoms with Crippen molar-refractivity contribution in [3.05, 3.63) is 53.1 Å². The molecule has 0 aromatic heterocycles. The molecule has 0 aliphatic rings. The molecule has 0 heterocycles. The van der Waals surface area contributed by atoms with E-state index in [9.17, 15) is 18.0 Å². The fourth-order valence-corrected chi connectivity index (χ4v) is 2.00. The monoisotopic (exact) mass is 315 g/mol. The molecule has 2 aromatic carbocycles. The summed E-state index contributed by atoms with van der Waals surface area (Å²) in [6, 6.07) is 9.64. The van der Waals surface area contributed by atoms with Gasteiger partial charge in [0.1, 0.15) is 5.75 Å². The predicted molar refractivity (Wildman–Crippen MR) is 72.1 cm³/mol. The normalized spacial score (nSPS) is 11.2. The van der Waals surface area contributed by atoms with Gasteiger partial charge in [-0.2, -0.15) is 0 Å². The average molecular weight is 316 g/mol.